The first-order valence-corrected chi connectivity index (χ1v) is 6.18. The predicted octanol–water partition coefficient (Wildman–Crippen LogP) is 3.07. The highest BCUT2D eigenvalue weighted by Crippen LogP contribution is 2.31. The van der Waals surface area contributed by atoms with Crippen LogP contribution in [0.3, 0.4) is 0 Å². The minimum atomic E-state index is 0.160. The molecule has 84 valence electrons. The van der Waals surface area contributed by atoms with Gasteiger partial charge >= 0.3 is 0 Å². The maximum absolute atomic E-state index is 6.13. The number of aryl methyl sites for hydroxylation is 2. The second-order valence-electron chi connectivity index (χ2n) is 4.78. The highest BCUT2D eigenvalue weighted by atomic mass is 14.7. The maximum Gasteiger partial charge on any atom is 0.0460 e. The van der Waals surface area contributed by atoms with E-state index in [2.05, 4.69) is 30.2 Å². The molecule has 1 aliphatic rings. The second kappa shape index (κ2) is 3.63. The lowest BCUT2D eigenvalue weighted by atomic mass is 10.0. The highest BCUT2D eigenvalue weighted by molar-refractivity contribution is 5.85. The zero-order valence-electron chi connectivity index (χ0n) is 9.72. The van der Waals surface area contributed by atoms with Gasteiger partial charge in [0.05, 0.1) is 0 Å². The Bertz CT molecular complexity index is 525. The van der Waals surface area contributed by atoms with Crippen LogP contribution in [-0.4, -0.2) is 4.98 Å². The SMILES string of the molecule is CCC(N)c1c[nH]c2cc3c(cc12)CCC3. The Morgan fingerprint density at radius 1 is 1.31 bits per heavy atom. The monoisotopic (exact) mass is 214 g/mol. The molecule has 2 nitrogen and oxygen atoms in total. The Balaban J connectivity index is 2.19. The number of hydrogen-bond donors (Lipinski definition) is 2. The molecule has 16 heavy (non-hydrogen) atoms. The molecule has 2 heteroatoms. The van der Waals surface area contributed by atoms with E-state index in [0.29, 0.717) is 0 Å². The first-order valence-electron chi connectivity index (χ1n) is 6.18. The van der Waals surface area contributed by atoms with Crippen molar-refractivity contribution in [3.05, 3.63) is 35.0 Å². The summed E-state index contributed by atoms with van der Waals surface area (Å²) in [6.07, 6.45) is 6.84. The van der Waals surface area contributed by atoms with E-state index in [0.717, 1.165) is 6.42 Å². The number of benzene rings is 1. The van der Waals surface area contributed by atoms with Gasteiger partial charge in [-0.3, -0.25) is 0 Å². The number of H-pyrrole nitrogens is 1. The standard InChI is InChI=1S/C14H18N2/c1-2-13(15)12-8-16-14-7-10-5-3-4-9(10)6-11(12)14/h6-8,13,16H,2-5,15H2,1H3. The van der Waals surface area contributed by atoms with E-state index in [1.54, 1.807) is 0 Å². The Hall–Kier alpha value is -1.28. The Kier molecular flexibility index (Phi) is 2.25. The van der Waals surface area contributed by atoms with Crippen LogP contribution in [0, 0.1) is 0 Å². The molecule has 0 aliphatic heterocycles. The minimum absolute atomic E-state index is 0.160. The molecule has 1 aromatic carbocycles. The van der Waals surface area contributed by atoms with Gasteiger partial charge in [-0.2, -0.15) is 0 Å². The lowest BCUT2D eigenvalue weighted by Crippen LogP contribution is -2.07. The normalized spacial score (nSPS) is 16.6. The fourth-order valence-corrected chi connectivity index (χ4v) is 2.74. The van der Waals surface area contributed by atoms with Crippen molar-refractivity contribution in [2.45, 2.75) is 38.6 Å². The molecule has 0 saturated carbocycles. The number of nitrogens with one attached hydrogen (secondary N) is 1. The van der Waals surface area contributed by atoms with Gasteiger partial charge < -0.3 is 10.7 Å². The van der Waals surface area contributed by atoms with Gasteiger partial charge in [0, 0.05) is 23.1 Å². The third-order valence-electron chi connectivity index (χ3n) is 3.77. The molecular formula is C14H18N2. The van der Waals surface area contributed by atoms with E-state index in [9.17, 15) is 0 Å². The van der Waals surface area contributed by atoms with Gasteiger partial charge in [-0.25, -0.2) is 0 Å². The number of aromatic amines is 1. The third-order valence-corrected chi connectivity index (χ3v) is 3.77. The van der Waals surface area contributed by atoms with Crippen molar-refractivity contribution >= 4 is 10.9 Å². The van der Waals surface area contributed by atoms with E-state index in [4.69, 9.17) is 5.73 Å². The van der Waals surface area contributed by atoms with Crippen molar-refractivity contribution < 1.29 is 0 Å². The van der Waals surface area contributed by atoms with Crippen LogP contribution in [0.1, 0.15) is 42.5 Å². The number of nitrogens with two attached hydrogens (primary N) is 1. The molecule has 0 fully saturated rings. The van der Waals surface area contributed by atoms with E-state index in [1.807, 2.05) is 0 Å². The maximum atomic E-state index is 6.13. The van der Waals surface area contributed by atoms with E-state index in [1.165, 1.54) is 46.9 Å². The van der Waals surface area contributed by atoms with Crippen molar-refractivity contribution in [2.24, 2.45) is 5.73 Å². The Labute approximate surface area is 95.8 Å². The zero-order valence-corrected chi connectivity index (χ0v) is 9.72. The number of hydrogen-bond acceptors (Lipinski definition) is 1. The first-order chi connectivity index (χ1) is 7.79. The fraction of sp³-hybridized carbons (Fsp3) is 0.429. The van der Waals surface area contributed by atoms with Gasteiger partial charge in [0.1, 0.15) is 0 Å². The van der Waals surface area contributed by atoms with Crippen LogP contribution in [0.2, 0.25) is 0 Å². The van der Waals surface area contributed by atoms with Crippen LogP contribution in [0.5, 0.6) is 0 Å². The summed E-state index contributed by atoms with van der Waals surface area (Å²) in [6, 6.07) is 4.82. The molecule has 1 heterocycles. The van der Waals surface area contributed by atoms with Crippen LogP contribution < -0.4 is 5.73 Å². The summed E-state index contributed by atoms with van der Waals surface area (Å²) in [5.74, 6) is 0. The van der Waals surface area contributed by atoms with Crippen LogP contribution in [0.25, 0.3) is 10.9 Å². The highest BCUT2D eigenvalue weighted by Gasteiger charge is 2.15. The number of rotatable bonds is 2. The summed E-state index contributed by atoms with van der Waals surface area (Å²) >= 11 is 0. The molecule has 1 aromatic heterocycles. The lowest BCUT2D eigenvalue weighted by Gasteiger charge is -2.08. The van der Waals surface area contributed by atoms with Crippen molar-refractivity contribution in [1.82, 2.24) is 4.98 Å². The quantitative estimate of drug-likeness (QED) is 0.792. The minimum Gasteiger partial charge on any atom is -0.361 e. The van der Waals surface area contributed by atoms with Gasteiger partial charge in [-0.1, -0.05) is 6.92 Å². The molecule has 2 aromatic rings. The molecule has 0 amide bonds. The van der Waals surface area contributed by atoms with Gasteiger partial charge in [-0.05, 0) is 54.5 Å². The molecule has 1 atom stereocenters. The molecule has 1 unspecified atom stereocenters. The van der Waals surface area contributed by atoms with E-state index >= 15 is 0 Å². The summed E-state index contributed by atoms with van der Waals surface area (Å²) in [5, 5.41) is 1.33. The molecule has 0 spiro atoms. The smallest absolute Gasteiger partial charge is 0.0460 e. The average Bonchev–Trinajstić information content (AvgIpc) is 2.90. The molecule has 1 aliphatic carbocycles. The van der Waals surface area contributed by atoms with Crippen LogP contribution in [0.4, 0.5) is 0 Å². The third kappa shape index (κ3) is 1.37. The zero-order chi connectivity index (χ0) is 11.1. The van der Waals surface area contributed by atoms with Crippen molar-refractivity contribution in [3.8, 4) is 0 Å². The molecule has 3 N–H and O–H groups in total. The lowest BCUT2D eigenvalue weighted by molar-refractivity contribution is 0.704. The van der Waals surface area contributed by atoms with Crippen molar-refractivity contribution in [3.63, 3.8) is 0 Å². The van der Waals surface area contributed by atoms with Crippen LogP contribution in [-0.2, 0) is 12.8 Å². The summed E-state index contributed by atoms with van der Waals surface area (Å²) < 4.78 is 0. The van der Waals surface area contributed by atoms with Gasteiger partial charge in [0.25, 0.3) is 0 Å². The van der Waals surface area contributed by atoms with Gasteiger partial charge in [0.15, 0.2) is 0 Å². The largest absolute Gasteiger partial charge is 0.361 e. The van der Waals surface area contributed by atoms with E-state index in [-0.39, 0.29) is 6.04 Å². The van der Waals surface area contributed by atoms with Gasteiger partial charge in [-0.15, -0.1) is 0 Å². The van der Waals surface area contributed by atoms with Crippen molar-refractivity contribution in [1.29, 1.82) is 0 Å². The summed E-state index contributed by atoms with van der Waals surface area (Å²) in [7, 11) is 0. The Morgan fingerprint density at radius 3 is 2.81 bits per heavy atom. The molecular weight excluding hydrogens is 196 g/mol. The number of aromatic nitrogens is 1. The summed E-state index contributed by atoms with van der Waals surface area (Å²) in [4.78, 5) is 3.35. The predicted molar refractivity (Wildman–Crippen MR) is 67.5 cm³/mol. The van der Waals surface area contributed by atoms with E-state index < -0.39 is 0 Å². The van der Waals surface area contributed by atoms with Crippen LogP contribution in [0.15, 0.2) is 18.3 Å². The fourth-order valence-electron chi connectivity index (χ4n) is 2.74. The summed E-state index contributed by atoms with van der Waals surface area (Å²) in [6.45, 7) is 2.14. The first kappa shape index (κ1) is 9.91. The van der Waals surface area contributed by atoms with Gasteiger partial charge in [0.2, 0.25) is 0 Å². The molecule has 0 saturated heterocycles. The second-order valence-corrected chi connectivity index (χ2v) is 4.78. The molecule has 0 radical (unpaired) electrons. The topological polar surface area (TPSA) is 41.8 Å². The van der Waals surface area contributed by atoms with Crippen molar-refractivity contribution in [2.75, 3.05) is 0 Å². The molecule has 3 rings (SSSR count). The molecule has 0 bridgehead atoms. The number of fused-ring (bicyclic) bond motifs is 2. The van der Waals surface area contributed by atoms with Crippen LogP contribution >= 0.6 is 0 Å². The average molecular weight is 214 g/mol. The Morgan fingerprint density at radius 2 is 2.06 bits per heavy atom. The summed E-state index contributed by atoms with van der Waals surface area (Å²) in [5.41, 5.74) is 11.7.